The second-order valence-electron chi connectivity index (χ2n) is 6.21. The quantitative estimate of drug-likeness (QED) is 0.699. The van der Waals surface area contributed by atoms with Crippen LogP contribution in [0.1, 0.15) is 59.3 Å². The number of nitrogens with one attached hydrogen (secondary N) is 1. The first-order valence-corrected chi connectivity index (χ1v) is 8.06. The predicted molar refractivity (Wildman–Crippen MR) is 80.8 cm³/mol. The highest BCUT2D eigenvalue weighted by atomic mass is 16.6. The molecule has 21 heavy (non-hydrogen) atoms. The van der Waals surface area contributed by atoms with Gasteiger partial charge in [-0.05, 0) is 32.1 Å². The van der Waals surface area contributed by atoms with Crippen LogP contribution in [0.5, 0.6) is 0 Å². The molecule has 1 unspecified atom stereocenters. The Bertz CT molecular complexity index is 324. The number of rotatable bonds is 8. The second kappa shape index (κ2) is 9.77. The van der Waals surface area contributed by atoms with Gasteiger partial charge in [0.1, 0.15) is 0 Å². The molecule has 1 saturated carbocycles. The SMILES string of the molecule is CC(C)CCOC(C)C(=O)OCC(=O)NC1CCCCC1. The van der Waals surface area contributed by atoms with E-state index in [1.165, 1.54) is 6.42 Å². The van der Waals surface area contributed by atoms with Crippen LogP contribution in [0.25, 0.3) is 0 Å². The molecule has 1 rings (SSSR count). The molecule has 0 spiro atoms. The van der Waals surface area contributed by atoms with Crippen molar-refractivity contribution in [2.24, 2.45) is 5.92 Å². The van der Waals surface area contributed by atoms with Crippen molar-refractivity contribution >= 4 is 11.9 Å². The van der Waals surface area contributed by atoms with E-state index in [0.29, 0.717) is 12.5 Å². The summed E-state index contributed by atoms with van der Waals surface area (Å²) >= 11 is 0. The van der Waals surface area contributed by atoms with Crippen molar-refractivity contribution in [1.82, 2.24) is 5.32 Å². The number of carbonyl (C=O) groups is 2. The Kier molecular flexibility index (Phi) is 8.35. The summed E-state index contributed by atoms with van der Waals surface area (Å²) in [6, 6.07) is 0.240. The predicted octanol–water partition coefficient (Wildman–Crippen LogP) is 2.43. The smallest absolute Gasteiger partial charge is 0.335 e. The van der Waals surface area contributed by atoms with Crippen LogP contribution in [-0.4, -0.2) is 37.2 Å². The molecule has 0 aromatic carbocycles. The largest absolute Gasteiger partial charge is 0.454 e. The third-order valence-electron chi connectivity index (χ3n) is 3.71. The maximum atomic E-state index is 11.7. The van der Waals surface area contributed by atoms with E-state index in [2.05, 4.69) is 19.2 Å². The lowest BCUT2D eigenvalue weighted by Crippen LogP contribution is -2.39. The first kappa shape index (κ1) is 18.0. The fraction of sp³-hybridized carbons (Fsp3) is 0.875. The summed E-state index contributed by atoms with van der Waals surface area (Å²) in [6.45, 7) is 6.17. The van der Waals surface area contributed by atoms with Gasteiger partial charge in [-0.25, -0.2) is 4.79 Å². The minimum absolute atomic E-state index is 0.215. The highest BCUT2D eigenvalue weighted by Gasteiger charge is 2.19. The van der Waals surface area contributed by atoms with Gasteiger partial charge < -0.3 is 14.8 Å². The topological polar surface area (TPSA) is 64.6 Å². The number of esters is 1. The fourth-order valence-corrected chi connectivity index (χ4v) is 2.32. The minimum atomic E-state index is -0.619. The van der Waals surface area contributed by atoms with E-state index in [1.807, 2.05) is 0 Å². The highest BCUT2D eigenvalue weighted by molar-refractivity contribution is 5.82. The van der Waals surface area contributed by atoms with Crippen molar-refractivity contribution < 1.29 is 19.1 Å². The van der Waals surface area contributed by atoms with E-state index in [-0.39, 0.29) is 18.6 Å². The van der Waals surface area contributed by atoms with E-state index in [4.69, 9.17) is 9.47 Å². The van der Waals surface area contributed by atoms with Crippen LogP contribution < -0.4 is 5.32 Å². The van der Waals surface area contributed by atoms with E-state index >= 15 is 0 Å². The molecule has 122 valence electrons. The molecule has 1 aliphatic rings. The molecule has 1 amide bonds. The molecule has 1 N–H and O–H groups in total. The zero-order valence-electron chi connectivity index (χ0n) is 13.5. The minimum Gasteiger partial charge on any atom is -0.454 e. The highest BCUT2D eigenvalue weighted by Crippen LogP contribution is 2.17. The van der Waals surface area contributed by atoms with Gasteiger partial charge in [-0.15, -0.1) is 0 Å². The van der Waals surface area contributed by atoms with E-state index < -0.39 is 12.1 Å². The molecule has 0 aliphatic heterocycles. The average molecular weight is 299 g/mol. The van der Waals surface area contributed by atoms with Gasteiger partial charge >= 0.3 is 5.97 Å². The van der Waals surface area contributed by atoms with Crippen LogP contribution in [0.4, 0.5) is 0 Å². The number of hydrogen-bond acceptors (Lipinski definition) is 4. The summed E-state index contributed by atoms with van der Waals surface area (Å²) < 4.78 is 10.4. The zero-order chi connectivity index (χ0) is 15.7. The second-order valence-corrected chi connectivity index (χ2v) is 6.21. The Morgan fingerprint density at radius 2 is 1.81 bits per heavy atom. The van der Waals surface area contributed by atoms with Crippen molar-refractivity contribution in [2.45, 2.75) is 71.4 Å². The summed E-state index contributed by atoms with van der Waals surface area (Å²) in [4.78, 5) is 23.4. The van der Waals surface area contributed by atoms with Gasteiger partial charge in [0, 0.05) is 12.6 Å². The molecule has 5 nitrogen and oxygen atoms in total. The lowest BCUT2D eigenvalue weighted by Gasteiger charge is -2.22. The van der Waals surface area contributed by atoms with Crippen molar-refractivity contribution in [3.05, 3.63) is 0 Å². The molecule has 1 atom stereocenters. The maximum Gasteiger partial charge on any atom is 0.335 e. The van der Waals surface area contributed by atoms with Crippen molar-refractivity contribution in [1.29, 1.82) is 0 Å². The number of ether oxygens (including phenoxy) is 2. The third-order valence-corrected chi connectivity index (χ3v) is 3.71. The average Bonchev–Trinajstić information content (AvgIpc) is 2.45. The van der Waals surface area contributed by atoms with Gasteiger partial charge in [0.15, 0.2) is 12.7 Å². The van der Waals surface area contributed by atoms with Gasteiger partial charge in [-0.2, -0.15) is 0 Å². The number of hydrogen-bond donors (Lipinski definition) is 1. The van der Waals surface area contributed by atoms with E-state index in [1.54, 1.807) is 6.92 Å². The first-order valence-electron chi connectivity index (χ1n) is 8.06. The van der Waals surface area contributed by atoms with Gasteiger partial charge in [0.25, 0.3) is 5.91 Å². The van der Waals surface area contributed by atoms with Gasteiger partial charge in [0.2, 0.25) is 0 Å². The Morgan fingerprint density at radius 3 is 2.43 bits per heavy atom. The molecule has 0 heterocycles. The summed E-state index contributed by atoms with van der Waals surface area (Å²) in [6.07, 6.45) is 5.89. The molecule has 0 radical (unpaired) electrons. The van der Waals surface area contributed by atoms with Crippen LogP contribution in [0, 0.1) is 5.92 Å². The summed E-state index contributed by atoms with van der Waals surface area (Å²) in [5.74, 6) is -0.156. The lowest BCUT2D eigenvalue weighted by atomic mass is 9.95. The normalized spacial score (nSPS) is 17.5. The van der Waals surface area contributed by atoms with Gasteiger partial charge in [0.05, 0.1) is 0 Å². The van der Waals surface area contributed by atoms with Gasteiger partial charge in [-0.3, -0.25) is 4.79 Å². The van der Waals surface area contributed by atoms with Crippen molar-refractivity contribution in [2.75, 3.05) is 13.2 Å². The maximum absolute atomic E-state index is 11.7. The Morgan fingerprint density at radius 1 is 1.14 bits per heavy atom. The Hall–Kier alpha value is -1.10. The van der Waals surface area contributed by atoms with Crippen molar-refractivity contribution in [3.63, 3.8) is 0 Å². The zero-order valence-corrected chi connectivity index (χ0v) is 13.5. The Labute approximate surface area is 127 Å². The third kappa shape index (κ3) is 8.05. The summed E-state index contributed by atoms with van der Waals surface area (Å²) in [5, 5.41) is 2.91. The van der Waals surface area contributed by atoms with Crippen LogP contribution in [-0.2, 0) is 19.1 Å². The van der Waals surface area contributed by atoms with Gasteiger partial charge in [-0.1, -0.05) is 33.1 Å². The summed E-state index contributed by atoms with van der Waals surface area (Å²) in [7, 11) is 0. The monoisotopic (exact) mass is 299 g/mol. The molecule has 0 saturated heterocycles. The van der Waals surface area contributed by atoms with E-state index in [0.717, 1.165) is 32.1 Å². The fourth-order valence-electron chi connectivity index (χ4n) is 2.32. The molecular weight excluding hydrogens is 270 g/mol. The molecular formula is C16H29NO4. The van der Waals surface area contributed by atoms with Crippen molar-refractivity contribution in [3.8, 4) is 0 Å². The molecule has 0 aromatic rings. The number of amides is 1. The lowest BCUT2D eigenvalue weighted by molar-refractivity contribution is -0.159. The molecule has 0 aromatic heterocycles. The first-order chi connectivity index (χ1) is 9.99. The molecule has 1 fully saturated rings. The molecule has 5 heteroatoms. The van der Waals surface area contributed by atoms with Crippen LogP contribution in [0.15, 0.2) is 0 Å². The number of carbonyl (C=O) groups excluding carboxylic acids is 2. The van der Waals surface area contributed by atoms with Crippen LogP contribution in [0.3, 0.4) is 0 Å². The Balaban J connectivity index is 2.14. The van der Waals surface area contributed by atoms with E-state index in [9.17, 15) is 9.59 Å². The summed E-state index contributed by atoms with van der Waals surface area (Å²) in [5.41, 5.74) is 0. The van der Waals surface area contributed by atoms with Crippen LogP contribution >= 0.6 is 0 Å². The standard InChI is InChI=1S/C16H29NO4/c1-12(2)9-10-20-13(3)16(19)21-11-15(18)17-14-7-5-4-6-8-14/h12-14H,4-11H2,1-3H3,(H,17,18). The molecule has 0 bridgehead atoms. The van der Waals surface area contributed by atoms with Crippen LogP contribution in [0.2, 0.25) is 0 Å². The molecule has 1 aliphatic carbocycles.